The van der Waals surface area contributed by atoms with Gasteiger partial charge in [0.1, 0.15) is 59.5 Å². The highest BCUT2D eigenvalue weighted by molar-refractivity contribution is 5.99. The quantitative estimate of drug-likeness (QED) is 0.0832. The molecule has 0 aliphatic carbocycles. The lowest BCUT2D eigenvalue weighted by atomic mass is 9.95. The number of aryl methyl sites for hydroxylation is 1. The van der Waals surface area contributed by atoms with Gasteiger partial charge in [-0.05, 0) is 137 Å². The molecule has 6 heterocycles. The van der Waals surface area contributed by atoms with E-state index >= 15 is 28.4 Å². The number of aliphatic hydroxyl groups excluding tert-OH is 1. The second-order valence-electron chi connectivity index (χ2n) is 27.7. The van der Waals surface area contributed by atoms with E-state index in [0.29, 0.717) is 90.5 Å². The summed E-state index contributed by atoms with van der Waals surface area (Å²) in [6.45, 7) is 8.53. The average Bonchev–Trinajstić information content (AvgIpc) is 1.66. The zero-order valence-electron chi connectivity index (χ0n) is 58.3. The van der Waals surface area contributed by atoms with E-state index in [0.717, 1.165) is 16.0 Å². The first kappa shape index (κ1) is 75.7. The van der Waals surface area contributed by atoms with Gasteiger partial charge in [-0.2, -0.15) is 0 Å². The van der Waals surface area contributed by atoms with Gasteiger partial charge < -0.3 is 80.3 Å². The Morgan fingerprint density at radius 3 is 2.22 bits per heavy atom. The molecule has 8 atom stereocenters. The Bertz CT molecular complexity index is 3780. The van der Waals surface area contributed by atoms with E-state index in [1.165, 1.54) is 31.1 Å². The maximum Gasteiger partial charge on any atom is 0.408 e. The summed E-state index contributed by atoms with van der Waals surface area (Å²) in [4.78, 5) is 148. The highest BCUT2D eigenvalue weighted by Crippen LogP contribution is 2.32. The molecule has 0 unspecified atom stereocenters. The molecule has 8 N–H and O–H groups in total. The van der Waals surface area contributed by atoms with E-state index in [1.807, 2.05) is 28.8 Å². The van der Waals surface area contributed by atoms with Gasteiger partial charge >= 0.3 is 12.1 Å². The zero-order chi connectivity index (χ0) is 72.5. The van der Waals surface area contributed by atoms with Crippen LogP contribution in [0, 0.1) is 5.82 Å². The molecule has 5 aromatic rings. The Labute approximate surface area is 587 Å². The maximum absolute atomic E-state index is 15.9. The second-order valence-corrected chi connectivity index (χ2v) is 27.7. The van der Waals surface area contributed by atoms with E-state index in [2.05, 4.69) is 31.9 Å². The van der Waals surface area contributed by atoms with Crippen LogP contribution in [0.25, 0.3) is 10.9 Å². The van der Waals surface area contributed by atoms with Gasteiger partial charge in [-0.3, -0.25) is 43.2 Å². The number of aliphatic hydroxyl groups is 1. The molecule has 5 aliphatic heterocycles. The summed E-state index contributed by atoms with van der Waals surface area (Å²) in [6, 6.07) is 17.8. The van der Waals surface area contributed by atoms with E-state index in [-0.39, 0.29) is 96.8 Å². The van der Waals surface area contributed by atoms with Crippen LogP contribution in [0.15, 0.2) is 97.2 Å². The summed E-state index contributed by atoms with van der Waals surface area (Å²) >= 11 is 0. The van der Waals surface area contributed by atoms with Crippen molar-refractivity contribution in [2.75, 3.05) is 53.1 Å². The number of carbonyl (C=O) groups excluding carboxylic acids is 9. The van der Waals surface area contributed by atoms with Crippen LogP contribution in [0.3, 0.4) is 0 Å². The minimum absolute atomic E-state index is 0.00674. The number of carboxylic acid groups (broad SMARTS) is 1. The number of aliphatic carboxylic acids is 1. The molecule has 10 bridgehead atoms. The molecular formula is C74H95FN10O16. The van der Waals surface area contributed by atoms with Crippen molar-refractivity contribution in [2.24, 2.45) is 0 Å². The minimum Gasteiger partial charge on any atom is -0.497 e. The van der Waals surface area contributed by atoms with E-state index in [1.54, 1.807) is 93.4 Å². The minimum atomic E-state index is -1.81. The second kappa shape index (κ2) is 34.7. The molecule has 0 radical (unpaired) electrons. The molecule has 2 saturated heterocycles. The van der Waals surface area contributed by atoms with Gasteiger partial charge in [0.2, 0.25) is 47.3 Å². The number of aromatic nitrogens is 1. The Hall–Kier alpha value is -9.47. The van der Waals surface area contributed by atoms with Gasteiger partial charge in [0.05, 0.1) is 45.4 Å². The van der Waals surface area contributed by atoms with Crippen LogP contribution in [-0.2, 0) is 103 Å². The van der Waals surface area contributed by atoms with Crippen LogP contribution in [0.2, 0.25) is 0 Å². The number of hydrogen-bond donors (Lipinski definition) is 8. The smallest absolute Gasteiger partial charge is 0.408 e. The van der Waals surface area contributed by atoms with Crippen LogP contribution in [0.5, 0.6) is 5.75 Å². The van der Waals surface area contributed by atoms with Crippen LogP contribution < -0.4 is 36.6 Å². The van der Waals surface area contributed by atoms with Crippen LogP contribution in [0.4, 0.5) is 9.18 Å². The Balaban J connectivity index is 1.09. The standard InChI is InChI=1S/C74H95FN10O16/c1-46(86)64-67(92)79-57(38-48-19-22-54(98-6)23-20-48)70(95)85-33-12-29-74(85,5)71(96)76-30-25-47-15-17-49(18-16-47)43-83(62(88)27-35-99-36-28-63(89)90)32-10-8-7-9-31-82-44-52(55-41-53(75)21-24-59(55)82)40-58-69(94)84-34-26-60(65(84)68(93)81-64)100-45-61(87)77-42-51-14-11-13-50(37-51)39-56(66(91)78-58)80-72(97)101-73(2,3)4/h11,13-24,37,41,44,46,56-58,60,64-65,86H,7-10,12,25-36,38-40,42-43,45H2,1-6H3,(H,76,96)(H,77,87)(H,78,91)(H,79,92)(H,80,97)(H,81,93)(H,89,90)/t46-,56+,57+,58+,60+,64+,65+,74+/m1/s1. The van der Waals surface area contributed by atoms with Crippen molar-refractivity contribution < 1.29 is 81.5 Å². The molecule has 2 fully saturated rings. The highest BCUT2D eigenvalue weighted by atomic mass is 19.1. The molecule has 4 aromatic carbocycles. The van der Waals surface area contributed by atoms with Crippen molar-refractivity contribution >= 4 is 70.2 Å². The number of hydrogen-bond acceptors (Lipinski definition) is 15. The van der Waals surface area contributed by atoms with Crippen molar-refractivity contribution in [1.29, 1.82) is 0 Å². The molecule has 10 rings (SSSR count). The third kappa shape index (κ3) is 20.6. The number of halogens is 1. The van der Waals surface area contributed by atoms with E-state index in [4.69, 9.17) is 24.1 Å². The number of nitrogens with zero attached hydrogens (tertiary/aromatic N) is 4. The number of benzene rings is 4. The lowest BCUT2D eigenvalue weighted by Gasteiger charge is -2.37. The third-order valence-corrected chi connectivity index (χ3v) is 18.8. The molecule has 1 aromatic heterocycles. The van der Waals surface area contributed by atoms with Crippen LogP contribution in [-0.4, -0.2) is 195 Å². The number of alkyl carbamates (subject to hydrolysis) is 1. The Morgan fingerprint density at radius 2 is 1.50 bits per heavy atom. The van der Waals surface area contributed by atoms with Gasteiger partial charge in [0.15, 0.2) is 0 Å². The fourth-order valence-corrected chi connectivity index (χ4v) is 13.5. The van der Waals surface area contributed by atoms with E-state index in [9.17, 15) is 29.1 Å². The number of amides is 9. The lowest BCUT2D eigenvalue weighted by molar-refractivity contribution is -0.148. The van der Waals surface area contributed by atoms with Crippen molar-refractivity contribution in [1.82, 2.24) is 51.2 Å². The normalized spacial score (nSPS) is 23.4. The van der Waals surface area contributed by atoms with Crippen LogP contribution in [0.1, 0.15) is 126 Å². The average molecular weight is 1400 g/mol. The SMILES string of the molecule is COc1ccc(C[C@@H]2NC(=O)[C@H]([C@@H](C)O)NC(=O)[C@@H]3[C@@H]4CCN3C(=O)[C@H](Cc3cn(c5ccc(F)cc35)CCCCCCN(C(=O)CCOCCC(=O)O)Cc3ccc(cc3)CCNC(=O)[C@]3(C)CCCN3C2=O)NC(=O)[C@@H](NC(=O)OC(C)(C)C)Cc2cccc(c2)CNC(=O)CO4)cc1. The number of carboxylic acids is 1. The topological polar surface area (TPSA) is 335 Å². The number of rotatable bonds is 11. The van der Waals surface area contributed by atoms with Crippen LogP contribution >= 0.6 is 0 Å². The van der Waals surface area contributed by atoms with Gasteiger partial charge in [0, 0.05) is 82.2 Å². The fourth-order valence-electron chi connectivity index (χ4n) is 13.5. The summed E-state index contributed by atoms with van der Waals surface area (Å²) in [5.74, 6) is -6.59. The van der Waals surface area contributed by atoms with E-state index < -0.39 is 119 Å². The molecule has 544 valence electrons. The number of nitrogens with one attached hydrogen (secondary N) is 6. The summed E-state index contributed by atoms with van der Waals surface area (Å²) in [5.41, 5.74) is 2.16. The lowest BCUT2D eigenvalue weighted by Crippen LogP contribution is -2.64. The van der Waals surface area contributed by atoms with Crippen molar-refractivity contribution in [3.8, 4) is 5.75 Å². The number of fused-ring (bicyclic) bond motifs is 21. The summed E-state index contributed by atoms with van der Waals surface area (Å²) in [5, 5.41) is 38.0. The summed E-state index contributed by atoms with van der Waals surface area (Å²) in [6.07, 6.45) is 0.954. The predicted molar refractivity (Wildman–Crippen MR) is 369 cm³/mol. The number of carbonyl (C=O) groups is 10. The first-order valence-electron chi connectivity index (χ1n) is 34.8. The molecule has 27 heteroatoms. The van der Waals surface area contributed by atoms with Gasteiger partial charge in [-0.15, -0.1) is 0 Å². The molecule has 0 spiro atoms. The predicted octanol–water partition coefficient (Wildman–Crippen LogP) is 4.69. The van der Waals surface area contributed by atoms with Crippen molar-refractivity contribution in [3.05, 3.63) is 136 Å². The molecule has 0 saturated carbocycles. The molecule has 9 amide bonds. The van der Waals surface area contributed by atoms with Gasteiger partial charge in [-0.25, -0.2) is 9.18 Å². The van der Waals surface area contributed by atoms with Gasteiger partial charge in [-0.1, -0.05) is 73.5 Å². The molecular weight excluding hydrogens is 1300 g/mol. The molecule has 101 heavy (non-hydrogen) atoms. The van der Waals surface area contributed by atoms with Crippen molar-refractivity contribution in [2.45, 2.75) is 191 Å². The third-order valence-electron chi connectivity index (χ3n) is 18.8. The Morgan fingerprint density at radius 1 is 0.772 bits per heavy atom. The zero-order valence-corrected chi connectivity index (χ0v) is 58.3. The largest absolute Gasteiger partial charge is 0.497 e. The Kier molecular flexibility index (Phi) is 26.0. The highest BCUT2D eigenvalue weighted by Gasteiger charge is 2.49. The number of ether oxygens (including phenoxy) is 4. The number of methoxy groups -OCH3 is 1. The van der Waals surface area contributed by atoms with Crippen molar-refractivity contribution in [3.63, 3.8) is 0 Å². The fraction of sp³-hybridized carbons (Fsp3) is 0.514. The molecule has 5 aliphatic rings. The monoisotopic (exact) mass is 1400 g/mol. The first-order valence-corrected chi connectivity index (χ1v) is 34.8. The maximum atomic E-state index is 15.9. The molecule has 26 nitrogen and oxygen atoms in total. The first-order chi connectivity index (χ1) is 48.2. The summed E-state index contributed by atoms with van der Waals surface area (Å²) < 4.78 is 40.3. The summed E-state index contributed by atoms with van der Waals surface area (Å²) in [7, 11) is 1.50. The van der Waals surface area contributed by atoms with Gasteiger partial charge in [0.25, 0.3) is 0 Å².